The van der Waals surface area contributed by atoms with Gasteiger partial charge in [-0.1, -0.05) is 12.1 Å². The maximum atomic E-state index is 12.1. The van der Waals surface area contributed by atoms with E-state index in [-0.39, 0.29) is 12.1 Å². The molecule has 1 saturated carbocycles. The molecule has 0 bridgehead atoms. The van der Waals surface area contributed by atoms with Crippen LogP contribution in [0.5, 0.6) is 0 Å². The van der Waals surface area contributed by atoms with Crippen molar-refractivity contribution < 1.29 is 9.53 Å². The van der Waals surface area contributed by atoms with E-state index in [0.717, 1.165) is 36.6 Å². The topological polar surface area (TPSA) is 81.1 Å². The van der Waals surface area contributed by atoms with Crippen LogP contribution in [0.25, 0.3) is 5.69 Å². The molecule has 2 amide bonds. The van der Waals surface area contributed by atoms with Gasteiger partial charge in [-0.3, -0.25) is 0 Å². The average molecular weight is 341 g/mol. The maximum Gasteiger partial charge on any atom is 0.315 e. The molecule has 1 aromatic heterocycles. The Morgan fingerprint density at radius 3 is 2.80 bits per heavy atom. The van der Waals surface area contributed by atoms with Crippen molar-refractivity contribution in [1.82, 2.24) is 25.4 Å². The molecule has 0 spiro atoms. The molecule has 2 fully saturated rings. The number of amides is 2. The summed E-state index contributed by atoms with van der Waals surface area (Å²) in [5.41, 5.74) is 1.99. The highest BCUT2D eigenvalue weighted by Gasteiger charge is 2.36. The Bertz CT molecular complexity index is 697. The monoisotopic (exact) mass is 341 g/mol. The van der Waals surface area contributed by atoms with Crippen molar-refractivity contribution in [2.24, 2.45) is 5.92 Å². The zero-order valence-corrected chi connectivity index (χ0v) is 14.1. The summed E-state index contributed by atoms with van der Waals surface area (Å²) in [6.07, 6.45) is 7.87. The lowest BCUT2D eigenvalue weighted by atomic mass is 10.0. The Hall–Kier alpha value is -2.41. The predicted molar refractivity (Wildman–Crippen MR) is 92.2 cm³/mol. The van der Waals surface area contributed by atoms with E-state index in [2.05, 4.69) is 20.7 Å². The van der Waals surface area contributed by atoms with Gasteiger partial charge >= 0.3 is 6.03 Å². The molecule has 25 heavy (non-hydrogen) atoms. The molecule has 1 saturated heterocycles. The number of carbonyl (C=O) groups excluding carboxylic acids is 1. The first-order valence-electron chi connectivity index (χ1n) is 8.88. The van der Waals surface area contributed by atoms with Gasteiger partial charge in [-0.2, -0.15) is 5.10 Å². The molecule has 4 rings (SSSR count). The number of hydrogen-bond donors (Lipinski definition) is 2. The normalized spacial score (nSPS) is 23.2. The van der Waals surface area contributed by atoms with E-state index in [4.69, 9.17) is 4.74 Å². The van der Waals surface area contributed by atoms with Crippen molar-refractivity contribution in [2.75, 3.05) is 6.61 Å². The van der Waals surface area contributed by atoms with Crippen molar-refractivity contribution in [3.63, 3.8) is 0 Å². The average Bonchev–Trinajstić information content (AvgIpc) is 3.35. The second kappa shape index (κ2) is 7.23. The number of hydrogen-bond acceptors (Lipinski definition) is 4. The number of benzene rings is 1. The summed E-state index contributed by atoms with van der Waals surface area (Å²) in [4.78, 5) is 16.1. The number of nitrogens with one attached hydrogen (secondary N) is 2. The number of aromatic nitrogens is 3. The lowest BCUT2D eigenvalue weighted by Crippen LogP contribution is -2.46. The van der Waals surface area contributed by atoms with Crippen molar-refractivity contribution in [1.29, 1.82) is 0 Å². The molecule has 2 N–H and O–H groups in total. The fraction of sp³-hybridized carbons (Fsp3) is 0.500. The van der Waals surface area contributed by atoms with Gasteiger partial charge in [-0.25, -0.2) is 14.5 Å². The number of urea groups is 1. The van der Waals surface area contributed by atoms with Crippen molar-refractivity contribution in [2.45, 2.75) is 44.4 Å². The maximum absolute atomic E-state index is 12.1. The molecule has 0 radical (unpaired) electrons. The van der Waals surface area contributed by atoms with Crippen molar-refractivity contribution in [3.05, 3.63) is 42.5 Å². The molecule has 1 aliphatic heterocycles. The molecule has 2 heterocycles. The van der Waals surface area contributed by atoms with Crippen LogP contribution in [0.1, 0.15) is 31.2 Å². The third-order valence-electron chi connectivity index (χ3n) is 4.87. The number of rotatable bonds is 5. The molecule has 7 nitrogen and oxygen atoms in total. The summed E-state index contributed by atoms with van der Waals surface area (Å²) in [6.45, 7) is 1.24. The van der Waals surface area contributed by atoms with Gasteiger partial charge < -0.3 is 15.4 Å². The van der Waals surface area contributed by atoms with Crippen LogP contribution in [0, 0.1) is 5.92 Å². The quantitative estimate of drug-likeness (QED) is 0.872. The Labute approximate surface area is 146 Å². The van der Waals surface area contributed by atoms with Crippen LogP contribution in [0.4, 0.5) is 4.79 Å². The molecule has 2 aliphatic rings. The van der Waals surface area contributed by atoms with E-state index in [9.17, 15) is 4.79 Å². The first-order valence-corrected chi connectivity index (χ1v) is 8.88. The second-order valence-corrected chi connectivity index (χ2v) is 6.80. The Balaban J connectivity index is 1.24. The fourth-order valence-electron chi connectivity index (χ4n) is 3.28. The summed E-state index contributed by atoms with van der Waals surface area (Å²) in [6, 6.07) is 7.99. The van der Waals surface area contributed by atoms with Gasteiger partial charge in [0.25, 0.3) is 0 Å². The van der Waals surface area contributed by atoms with Crippen LogP contribution in [0.15, 0.2) is 36.9 Å². The first kappa shape index (κ1) is 16.1. The largest absolute Gasteiger partial charge is 0.378 e. The van der Waals surface area contributed by atoms with E-state index < -0.39 is 0 Å². The molecule has 2 atom stereocenters. The van der Waals surface area contributed by atoms with Gasteiger partial charge in [-0.15, -0.1) is 0 Å². The molecule has 2 unspecified atom stereocenters. The zero-order chi connectivity index (χ0) is 17.1. The van der Waals surface area contributed by atoms with Gasteiger partial charge in [-0.05, 0) is 49.3 Å². The van der Waals surface area contributed by atoms with Crippen LogP contribution in [-0.2, 0) is 11.3 Å². The van der Waals surface area contributed by atoms with Gasteiger partial charge in [0, 0.05) is 19.2 Å². The van der Waals surface area contributed by atoms with Crippen molar-refractivity contribution in [3.8, 4) is 5.69 Å². The minimum absolute atomic E-state index is 0.109. The number of carbonyl (C=O) groups is 1. The molecule has 132 valence electrons. The summed E-state index contributed by atoms with van der Waals surface area (Å²) in [7, 11) is 0. The van der Waals surface area contributed by atoms with E-state index in [1.54, 1.807) is 11.0 Å². The third kappa shape index (κ3) is 4.17. The van der Waals surface area contributed by atoms with Gasteiger partial charge in [0.2, 0.25) is 0 Å². The zero-order valence-electron chi connectivity index (χ0n) is 14.1. The van der Waals surface area contributed by atoms with Gasteiger partial charge in [0.15, 0.2) is 0 Å². The standard InChI is InChI=1S/C18H23N5O2/c24-18(22-15-7-8-25-17(9-15)14-3-4-14)20-10-13-1-5-16(6-2-13)23-12-19-11-21-23/h1-2,5-6,11-12,14-15,17H,3-4,7-10H2,(H2,20,22,24). The Morgan fingerprint density at radius 1 is 1.24 bits per heavy atom. The summed E-state index contributed by atoms with van der Waals surface area (Å²) in [5.74, 6) is 0.719. The lowest BCUT2D eigenvalue weighted by molar-refractivity contribution is -0.00914. The minimum atomic E-state index is -0.109. The molecular weight excluding hydrogens is 318 g/mol. The Morgan fingerprint density at radius 2 is 2.08 bits per heavy atom. The van der Waals surface area contributed by atoms with E-state index in [1.807, 2.05) is 24.3 Å². The van der Waals surface area contributed by atoms with E-state index >= 15 is 0 Å². The molecule has 1 aliphatic carbocycles. The minimum Gasteiger partial charge on any atom is -0.378 e. The highest BCUT2D eigenvalue weighted by atomic mass is 16.5. The highest BCUT2D eigenvalue weighted by molar-refractivity contribution is 5.74. The van der Waals surface area contributed by atoms with Crippen molar-refractivity contribution >= 4 is 6.03 Å². The predicted octanol–water partition coefficient (Wildman–Crippen LogP) is 2.02. The van der Waals surface area contributed by atoms with Crippen LogP contribution >= 0.6 is 0 Å². The lowest BCUT2D eigenvalue weighted by Gasteiger charge is -2.30. The molecule has 7 heteroatoms. The highest BCUT2D eigenvalue weighted by Crippen LogP contribution is 2.38. The molecule has 1 aromatic carbocycles. The van der Waals surface area contributed by atoms with Crippen LogP contribution in [0.3, 0.4) is 0 Å². The van der Waals surface area contributed by atoms with Crippen LogP contribution < -0.4 is 10.6 Å². The molecular formula is C18H23N5O2. The van der Waals surface area contributed by atoms with E-state index in [1.165, 1.54) is 19.2 Å². The Kier molecular flexibility index (Phi) is 4.65. The summed E-state index contributed by atoms with van der Waals surface area (Å²) in [5, 5.41) is 10.1. The first-order chi connectivity index (χ1) is 12.3. The third-order valence-corrected chi connectivity index (χ3v) is 4.87. The van der Waals surface area contributed by atoms with Crippen LogP contribution in [0.2, 0.25) is 0 Å². The van der Waals surface area contributed by atoms with Crippen LogP contribution in [-0.4, -0.2) is 39.5 Å². The van der Waals surface area contributed by atoms with Gasteiger partial charge in [0.1, 0.15) is 12.7 Å². The smallest absolute Gasteiger partial charge is 0.315 e. The van der Waals surface area contributed by atoms with Gasteiger partial charge in [0.05, 0.1) is 11.8 Å². The summed E-state index contributed by atoms with van der Waals surface area (Å²) < 4.78 is 7.50. The number of ether oxygens (including phenoxy) is 1. The van der Waals surface area contributed by atoms with E-state index in [0.29, 0.717) is 12.6 Å². The summed E-state index contributed by atoms with van der Waals surface area (Å²) >= 11 is 0. The fourth-order valence-corrected chi connectivity index (χ4v) is 3.28. The second-order valence-electron chi connectivity index (χ2n) is 6.80. The SMILES string of the molecule is O=C(NCc1ccc(-n2cncn2)cc1)NC1CCOC(C2CC2)C1. The molecule has 2 aromatic rings. The number of nitrogens with zero attached hydrogens (tertiary/aromatic N) is 3.